The second kappa shape index (κ2) is 9.09. The molecule has 0 spiro atoms. The molecule has 0 saturated carbocycles. The van der Waals surface area contributed by atoms with Crippen molar-refractivity contribution in [2.45, 2.75) is 26.5 Å². The molecule has 0 fully saturated rings. The Kier molecular flexibility index (Phi) is 7.65. The van der Waals surface area contributed by atoms with E-state index in [4.69, 9.17) is 4.74 Å². The number of nitrogens with zero attached hydrogens (tertiary/aromatic N) is 1. The second-order valence-electron chi connectivity index (χ2n) is 4.81. The van der Waals surface area contributed by atoms with Crippen LogP contribution in [0.4, 0.5) is 0 Å². The first-order chi connectivity index (χ1) is 8.72. The molecule has 0 saturated heterocycles. The molecule has 18 heavy (non-hydrogen) atoms. The fraction of sp³-hybridized carbons (Fsp3) is 0.600. The Morgan fingerprint density at radius 2 is 1.78 bits per heavy atom. The van der Waals surface area contributed by atoms with Crippen LogP contribution in [-0.2, 0) is 17.9 Å². The zero-order valence-corrected chi connectivity index (χ0v) is 11.9. The van der Waals surface area contributed by atoms with E-state index in [0.717, 1.165) is 39.3 Å². The predicted octanol–water partition coefficient (Wildman–Crippen LogP) is 2.26. The van der Waals surface area contributed by atoms with Gasteiger partial charge in [-0.15, -0.1) is 0 Å². The van der Waals surface area contributed by atoms with Crippen molar-refractivity contribution in [3.8, 4) is 0 Å². The predicted molar refractivity (Wildman–Crippen MR) is 76.6 cm³/mol. The van der Waals surface area contributed by atoms with Crippen LogP contribution >= 0.6 is 0 Å². The van der Waals surface area contributed by atoms with Gasteiger partial charge in [-0.3, -0.25) is 0 Å². The highest BCUT2D eigenvalue weighted by Gasteiger charge is 1.96. The van der Waals surface area contributed by atoms with E-state index in [1.807, 2.05) is 0 Å². The molecule has 0 aliphatic heterocycles. The van der Waals surface area contributed by atoms with E-state index in [-0.39, 0.29) is 0 Å². The fourth-order valence-corrected chi connectivity index (χ4v) is 1.70. The lowest BCUT2D eigenvalue weighted by molar-refractivity contribution is 0.113. The lowest BCUT2D eigenvalue weighted by Gasteiger charge is -2.09. The average Bonchev–Trinajstić information content (AvgIpc) is 2.37. The topological polar surface area (TPSA) is 24.5 Å². The summed E-state index contributed by atoms with van der Waals surface area (Å²) in [5.74, 6) is 0. The Bertz CT molecular complexity index is 309. The molecule has 1 rings (SSSR count). The average molecular weight is 250 g/mol. The summed E-state index contributed by atoms with van der Waals surface area (Å²) in [7, 11) is 4.17. The van der Waals surface area contributed by atoms with Crippen molar-refractivity contribution < 1.29 is 4.74 Å². The Hall–Kier alpha value is -0.900. The van der Waals surface area contributed by atoms with Crippen LogP contribution in [-0.4, -0.2) is 38.7 Å². The van der Waals surface area contributed by atoms with Crippen molar-refractivity contribution in [1.29, 1.82) is 0 Å². The molecule has 0 aromatic heterocycles. The summed E-state index contributed by atoms with van der Waals surface area (Å²) in [6, 6.07) is 8.64. The summed E-state index contributed by atoms with van der Waals surface area (Å²) >= 11 is 0. The maximum Gasteiger partial charge on any atom is 0.0716 e. The summed E-state index contributed by atoms with van der Waals surface area (Å²) in [6.45, 7) is 6.71. The van der Waals surface area contributed by atoms with Gasteiger partial charge in [-0.25, -0.2) is 0 Å². The van der Waals surface area contributed by atoms with Gasteiger partial charge in [0.25, 0.3) is 0 Å². The van der Waals surface area contributed by atoms with E-state index in [1.165, 1.54) is 11.1 Å². The van der Waals surface area contributed by atoms with E-state index in [1.54, 1.807) is 0 Å². The second-order valence-corrected chi connectivity index (χ2v) is 4.81. The first kappa shape index (κ1) is 15.2. The zero-order valence-electron chi connectivity index (χ0n) is 11.9. The van der Waals surface area contributed by atoms with Gasteiger partial charge in [-0.1, -0.05) is 31.2 Å². The van der Waals surface area contributed by atoms with Crippen molar-refractivity contribution in [3.63, 3.8) is 0 Å². The molecular weight excluding hydrogens is 224 g/mol. The van der Waals surface area contributed by atoms with Crippen molar-refractivity contribution in [2.75, 3.05) is 33.8 Å². The molecule has 0 radical (unpaired) electrons. The highest BCUT2D eigenvalue weighted by atomic mass is 16.5. The van der Waals surface area contributed by atoms with Crippen molar-refractivity contribution in [1.82, 2.24) is 10.2 Å². The standard InChI is InChI=1S/C15H26N2O/c1-4-16-12-14-6-8-15(9-7-14)13-18-11-5-10-17(2)3/h6-9,16H,4-5,10-13H2,1-3H3. The van der Waals surface area contributed by atoms with E-state index >= 15 is 0 Å². The maximum absolute atomic E-state index is 5.65. The largest absolute Gasteiger partial charge is 0.377 e. The van der Waals surface area contributed by atoms with E-state index < -0.39 is 0 Å². The molecule has 0 amide bonds. The summed E-state index contributed by atoms with van der Waals surface area (Å²) in [4.78, 5) is 2.18. The van der Waals surface area contributed by atoms with Gasteiger partial charge in [0.05, 0.1) is 6.61 Å². The third-order valence-electron chi connectivity index (χ3n) is 2.76. The van der Waals surface area contributed by atoms with Gasteiger partial charge >= 0.3 is 0 Å². The zero-order chi connectivity index (χ0) is 13.2. The SMILES string of the molecule is CCNCc1ccc(COCCCN(C)C)cc1. The third kappa shape index (κ3) is 6.74. The Balaban J connectivity index is 2.18. The lowest BCUT2D eigenvalue weighted by Crippen LogP contribution is -2.14. The minimum Gasteiger partial charge on any atom is -0.377 e. The monoisotopic (exact) mass is 250 g/mol. The Morgan fingerprint density at radius 1 is 1.11 bits per heavy atom. The van der Waals surface area contributed by atoms with Gasteiger partial charge in [0.1, 0.15) is 0 Å². The Labute approximate surface area is 111 Å². The van der Waals surface area contributed by atoms with Crippen LogP contribution in [0.15, 0.2) is 24.3 Å². The van der Waals surface area contributed by atoms with Gasteiger partial charge in [0, 0.05) is 13.2 Å². The number of hydrogen-bond acceptors (Lipinski definition) is 3. The van der Waals surface area contributed by atoms with Gasteiger partial charge in [0.15, 0.2) is 0 Å². The first-order valence-corrected chi connectivity index (χ1v) is 6.73. The normalized spacial score (nSPS) is 11.1. The molecule has 0 aliphatic carbocycles. The summed E-state index contributed by atoms with van der Waals surface area (Å²) in [6.07, 6.45) is 1.09. The van der Waals surface area contributed by atoms with E-state index in [2.05, 4.69) is 55.5 Å². The quantitative estimate of drug-likeness (QED) is 0.680. The smallest absolute Gasteiger partial charge is 0.0716 e. The Morgan fingerprint density at radius 3 is 2.39 bits per heavy atom. The molecule has 3 nitrogen and oxygen atoms in total. The lowest BCUT2D eigenvalue weighted by atomic mass is 10.1. The highest BCUT2D eigenvalue weighted by molar-refractivity contribution is 5.21. The van der Waals surface area contributed by atoms with Gasteiger partial charge < -0.3 is 15.0 Å². The molecule has 3 heteroatoms. The van der Waals surface area contributed by atoms with Crippen molar-refractivity contribution >= 4 is 0 Å². The molecule has 0 heterocycles. The van der Waals surface area contributed by atoms with E-state index in [9.17, 15) is 0 Å². The third-order valence-corrected chi connectivity index (χ3v) is 2.76. The van der Waals surface area contributed by atoms with Crippen LogP contribution < -0.4 is 5.32 Å². The minimum absolute atomic E-state index is 0.717. The number of benzene rings is 1. The van der Waals surface area contributed by atoms with Crippen molar-refractivity contribution in [3.05, 3.63) is 35.4 Å². The number of rotatable bonds is 9. The molecule has 0 bridgehead atoms. The number of ether oxygens (including phenoxy) is 1. The molecule has 1 N–H and O–H groups in total. The highest BCUT2D eigenvalue weighted by Crippen LogP contribution is 2.06. The molecule has 0 unspecified atom stereocenters. The first-order valence-electron chi connectivity index (χ1n) is 6.73. The molecule has 1 aromatic rings. The number of hydrogen-bond donors (Lipinski definition) is 1. The van der Waals surface area contributed by atoms with E-state index in [0.29, 0.717) is 0 Å². The van der Waals surface area contributed by atoms with Crippen LogP contribution in [0.1, 0.15) is 24.5 Å². The van der Waals surface area contributed by atoms with Crippen LogP contribution in [0.5, 0.6) is 0 Å². The van der Waals surface area contributed by atoms with Gasteiger partial charge in [0.2, 0.25) is 0 Å². The van der Waals surface area contributed by atoms with Crippen LogP contribution in [0.3, 0.4) is 0 Å². The molecular formula is C15H26N2O. The van der Waals surface area contributed by atoms with Gasteiger partial charge in [-0.05, 0) is 44.7 Å². The summed E-state index contributed by atoms with van der Waals surface area (Å²) in [5.41, 5.74) is 2.58. The van der Waals surface area contributed by atoms with Crippen molar-refractivity contribution in [2.24, 2.45) is 0 Å². The molecule has 1 aromatic carbocycles. The summed E-state index contributed by atoms with van der Waals surface area (Å²) in [5, 5.41) is 3.32. The van der Waals surface area contributed by atoms with Crippen LogP contribution in [0.25, 0.3) is 0 Å². The van der Waals surface area contributed by atoms with Crippen LogP contribution in [0.2, 0.25) is 0 Å². The van der Waals surface area contributed by atoms with Crippen LogP contribution in [0, 0.1) is 0 Å². The number of nitrogens with one attached hydrogen (secondary N) is 1. The molecule has 0 atom stereocenters. The maximum atomic E-state index is 5.65. The molecule has 0 aliphatic rings. The molecule has 102 valence electrons. The van der Waals surface area contributed by atoms with Gasteiger partial charge in [-0.2, -0.15) is 0 Å². The summed E-state index contributed by atoms with van der Waals surface area (Å²) < 4.78 is 5.65. The minimum atomic E-state index is 0.717. The fourth-order valence-electron chi connectivity index (χ4n) is 1.70.